The van der Waals surface area contributed by atoms with Crippen LogP contribution >= 0.6 is 11.3 Å². The first kappa shape index (κ1) is 11.6. The van der Waals surface area contributed by atoms with Gasteiger partial charge in [-0.1, -0.05) is 12.6 Å². The third kappa shape index (κ3) is 1.63. The van der Waals surface area contributed by atoms with Crippen LogP contribution in [0.25, 0.3) is 15.8 Å². The lowest BCUT2D eigenvalue weighted by molar-refractivity contribution is 0.475. The van der Waals surface area contributed by atoms with E-state index in [4.69, 9.17) is 0 Å². The molecule has 0 atom stereocenters. The molecule has 0 amide bonds. The van der Waals surface area contributed by atoms with Gasteiger partial charge in [-0.15, -0.1) is 11.3 Å². The van der Waals surface area contributed by atoms with E-state index in [9.17, 15) is 5.11 Å². The second-order valence-electron chi connectivity index (χ2n) is 5.02. The zero-order valence-electron chi connectivity index (χ0n) is 10.8. The smallest absolute Gasteiger partial charge is 0.116 e. The predicted octanol–water partition coefficient (Wildman–Crippen LogP) is 4.60. The standard InChI is InChI=1S/C17H13NOS/c1-11-16-9-15(19)4-2-13(16)10-18(11)14-3-5-17-12(8-14)6-7-20-17/h2-9,19H,1,10H2. The van der Waals surface area contributed by atoms with E-state index < -0.39 is 0 Å². The molecule has 0 fully saturated rings. The maximum atomic E-state index is 9.63. The predicted molar refractivity (Wildman–Crippen MR) is 85.1 cm³/mol. The van der Waals surface area contributed by atoms with Crippen molar-refractivity contribution in [1.82, 2.24) is 0 Å². The third-order valence-corrected chi connectivity index (χ3v) is 4.70. The average Bonchev–Trinajstić information content (AvgIpc) is 3.03. The largest absolute Gasteiger partial charge is 0.508 e. The van der Waals surface area contributed by atoms with Gasteiger partial charge in [-0.25, -0.2) is 0 Å². The van der Waals surface area contributed by atoms with Gasteiger partial charge in [0, 0.05) is 28.2 Å². The third-order valence-electron chi connectivity index (χ3n) is 3.81. The van der Waals surface area contributed by atoms with Gasteiger partial charge in [0.15, 0.2) is 0 Å². The minimum Gasteiger partial charge on any atom is -0.508 e. The molecule has 3 heteroatoms. The van der Waals surface area contributed by atoms with Crippen molar-refractivity contribution < 1.29 is 5.11 Å². The summed E-state index contributed by atoms with van der Waals surface area (Å²) in [5, 5.41) is 13.0. The van der Waals surface area contributed by atoms with Gasteiger partial charge in [0.1, 0.15) is 5.75 Å². The fourth-order valence-corrected chi connectivity index (χ4v) is 3.52. The number of hydrogen-bond acceptors (Lipinski definition) is 3. The van der Waals surface area contributed by atoms with Crippen LogP contribution in [0.2, 0.25) is 0 Å². The van der Waals surface area contributed by atoms with Crippen molar-refractivity contribution in [3.63, 3.8) is 0 Å². The Bertz CT molecular complexity index is 834. The molecule has 2 aromatic carbocycles. The van der Waals surface area contributed by atoms with E-state index >= 15 is 0 Å². The molecule has 98 valence electrons. The van der Waals surface area contributed by atoms with Crippen molar-refractivity contribution in [2.24, 2.45) is 0 Å². The molecule has 0 bridgehead atoms. The molecule has 2 nitrogen and oxygen atoms in total. The van der Waals surface area contributed by atoms with Gasteiger partial charge < -0.3 is 10.0 Å². The van der Waals surface area contributed by atoms with E-state index in [2.05, 4.69) is 41.1 Å². The Morgan fingerprint density at radius 3 is 2.90 bits per heavy atom. The van der Waals surface area contributed by atoms with Gasteiger partial charge in [0.05, 0.1) is 0 Å². The number of thiophene rings is 1. The number of fused-ring (bicyclic) bond motifs is 2. The van der Waals surface area contributed by atoms with E-state index in [1.54, 1.807) is 23.5 Å². The highest BCUT2D eigenvalue weighted by atomic mass is 32.1. The lowest BCUT2D eigenvalue weighted by atomic mass is 10.1. The van der Waals surface area contributed by atoms with Crippen LogP contribution in [0.4, 0.5) is 5.69 Å². The van der Waals surface area contributed by atoms with Crippen LogP contribution in [0.15, 0.2) is 54.4 Å². The summed E-state index contributed by atoms with van der Waals surface area (Å²) in [7, 11) is 0. The van der Waals surface area contributed by atoms with Crippen molar-refractivity contribution in [2.45, 2.75) is 6.54 Å². The summed E-state index contributed by atoms with van der Waals surface area (Å²) in [6.45, 7) is 4.99. The Hall–Kier alpha value is -2.26. The van der Waals surface area contributed by atoms with Crippen molar-refractivity contribution in [3.05, 3.63) is 65.6 Å². The van der Waals surface area contributed by atoms with E-state index in [0.717, 1.165) is 23.5 Å². The molecule has 0 spiro atoms. The summed E-state index contributed by atoms with van der Waals surface area (Å²) in [5.74, 6) is 0.292. The van der Waals surface area contributed by atoms with Crippen LogP contribution in [0.3, 0.4) is 0 Å². The summed E-state index contributed by atoms with van der Waals surface area (Å²) in [6, 6.07) is 14.1. The van der Waals surface area contributed by atoms with E-state index in [1.807, 2.05) is 6.07 Å². The number of rotatable bonds is 1. The molecule has 1 aromatic heterocycles. The van der Waals surface area contributed by atoms with Gasteiger partial charge in [-0.3, -0.25) is 0 Å². The Labute approximate surface area is 121 Å². The molecule has 0 saturated heterocycles. The number of hydrogen-bond donors (Lipinski definition) is 1. The Morgan fingerprint density at radius 1 is 1.10 bits per heavy atom. The maximum absolute atomic E-state index is 9.63. The topological polar surface area (TPSA) is 23.5 Å². The van der Waals surface area contributed by atoms with E-state index in [0.29, 0.717) is 5.75 Å². The summed E-state index contributed by atoms with van der Waals surface area (Å²) < 4.78 is 1.30. The molecule has 1 N–H and O–H groups in total. The van der Waals surface area contributed by atoms with Gasteiger partial charge >= 0.3 is 0 Å². The fourth-order valence-electron chi connectivity index (χ4n) is 2.75. The number of aromatic hydroxyl groups is 1. The minimum atomic E-state index is 0.292. The van der Waals surface area contributed by atoms with Crippen molar-refractivity contribution in [1.29, 1.82) is 0 Å². The fraction of sp³-hybridized carbons (Fsp3) is 0.0588. The number of anilines is 1. The van der Waals surface area contributed by atoms with Gasteiger partial charge in [-0.2, -0.15) is 0 Å². The van der Waals surface area contributed by atoms with Gasteiger partial charge in [0.25, 0.3) is 0 Å². The molecular weight excluding hydrogens is 266 g/mol. The lowest BCUT2D eigenvalue weighted by Crippen LogP contribution is -2.12. The highest BCUT2D eigenvalue weighted by Gasteiger charge is 2.23. The molecule has 1 aliphatic heterocycles. The first-order valence-corrected chi connectivity index (χ1v) is 7.36. The van der Waals surface area contributed by atoms with Crippen LogP contribution in [0.5, 0.6) is 5.75 Å². The molecule has 0 unspecified atom stereocenters. The first-order valence-electron chi connectivity index (χ1n) is 6.48. The first-order chi connectivity index (χ1) is 9.72. The molecule has 0 radical (unpaired) electrons. The van der Waals surface area contributed by atoms with E-state index in [1.165, 1.54) is 15.6 Å². The van der Waals surface area contributed by atoms with Crippen molar-refractivity contribution in [2.75, 3.05) is 4.90 Å². The molecule has 3 aromatic rings. The lowest BCUT2D eigenvalue weighted by Gasteiger charge is -2.19. The van der Waals surface area contributed by atoms with Crippen molar-refractivity contribution >= 4 is 32.8 Å². The highest BCUT2D eigenvalue weighted by Crippen LogP contribution is 2.38. The Balaban J connectivity index is 1.79. The normalized spacial score (nSPS) is 14.0. The summed E-state index contributed by atoms with van der Waals surface area (Å²) >= 11 is 1.75. The zero-order valence-corrected chi connectivity index (χ0v) is 11.7. The van der Waals surface area contributed by atoms with Crippen LogP contribution < -0.4 is 4.90 Å². The number of phenolic OH excluding ortho intramolecular Hbond substituents is 1. The SMILES string of the molecule is C=C1c2cc(O)ccc2CN1c1ccc2sccc2c1. The Morgan fingerprint density at radius 2 is 2.00 bits per heavy atom. The molecule has 0 saturated carbocycles. The van der Waals surface area contributed by atoms with Crippen LogP contribution in [0.1, 0.15) is 11.1 Å². The van der Waals surface area contributed by atoms with Gasteiger partial charge in [0.2, 0.25) is 0 Å². The molecule has 4 rings (SSSR count). The minimum absolute atomic E-state index is 0.292. The second kappa shape index (κ2) is 4.12. The summed E-state index contributed by atoms with van der Waals surface area (Å²) in [6.07, 6.45) is 0. The average molecular weight is 279 g/mol. The monoisotopic (exact) mass is 279 g/mol. The molecule has 2 heterocycles. The summed E-state index contributed by atoms with van der Waals surface area (Å²) in [4.78, 5) is 2.20. The number of benzene rings is 2. The van der Waals surface area contributed by atoms with Crippen LogP contribution in [-0.4, -0.2) is 5.11 Å². The zero-order chi connectivity index (χ0) is 13.7. The number of phenols is 1. The summed E-state index contributed by atoms with van der Waals surface area (Å²) in [5.41, 5.74) is 4.34. The molecule has 0 aliphatic carbocycles. The van der Waals surface area contributed by atoms with E-state index in [-0.39, 0.29) is 0 Å². The van der Waals surface area contributed by atoms with Gasteiger partial charge in [-0.05, 0) is 52.7 Å². The van der Waals surface area contributed by atoms with Crippen LogP contribution in [0, 0.1) is 0 Å². The number of nitrogens with zero attached hydrogens (tertiary/aromatic N) is 1. The molecule has 20 heavy (non-hydrogen) atoms. The highest BCUT2D eigenvalue weighted by molar-refractivity contribution is 7.17. The quantitative estimate of drug-likeness (QED) is 0.704. The molecule has 1 aliphatic rings. The Kier molecular flexibility index (Phi) is 2.38. The van der Waals surface area contributed by atoms with Crippen LogP contribution in [-0.2, 0) is 6.54 Å². The second-order valence-corrected chi connectivity index (χ2v) is 5.96. The molecular formula is C17H13NOS. The van der Waals surface area contributed by atoms with Crippen molar-refractivity contribution in [3.8, 4) is 5.75 Å². The maximum Gasteiger partial charge on any atom is 0.116 e.